The third-order valence-electron chi connectivity index (χ3n) is 3.02. The molecule has 0 heterocycles. The van der Waals surface area contributed by atoms with E-state index in [0.717, 1.165) is 6.42 Å². The van der Waals surface area contributed by atoms with Crippen LogP contribution < -0.4 is 0 Å². The Morgan fingerprint density at radius 1 is 0.938 bits per heavy atom. The van der Waals surface area contributed by atoms with Gasteiger partial charge in [0.15, 0.2) is 0 Å². The van der Waals surface area contributed by atoms with E-state index in [0.29, 0.717) is 5.92 Å². The van der Waals surface area contributed by atoms with Crippen LogP contribution in [0.2, 0.25) is 0 Å². The van der Waals surface area contributed by atoms with E-state index in [-0.39, 0.29) is 51.0 Å². The molecule has 1 atom stereocenters. The van der Waals surface area contributed by atoms with Crippen molar-refractivity contribution >= 4 is 24.8 Å². The van der Waals surface area contributed by atoms with Crippen LogP contribution in [0.15, 0.2) is 16.7 Å². The standard InChI is InChI=1S/C13H21.2ClH.Zr/c1-5-10-9-11(6-2)13(8-4)12(10)7-3;;;/h10H,5-8H2,1-4H3;2*1H;/q-1;;;. The zero-order chi connectivity index (χ0) is 9.84. The molecular formula is C13H23Cl2Zr-. The van der Waals surface area contributed by atoms with Gasteiger partial charge in [0.1, 0.15) is 0 Å². The number of allylic oxidation sites excluding steroid dienone is 4. The molecule has 0 nitrogen and oxygen atoms in total. The molecule has 16 heavy (non-hydrogen) atoms. The van der Waals surface area contributed by atoms with Crippen LogP contribution in [-0.4, -0.2) is 0 Å². The topological polar surface area (TPSA) is 0 Å². The van der Waals surface area contributed by atoms with Crippen LogP contribution in [0.4, 0.5) is 0 Å². The minimum absolute atomic E-state index is 0. The molecule has 0 aromatic rings. The van der Waals surface area contributed by atoms with Gasteiger partial charge < -0.3 is 0 Å². The Bertz CT molecular complexity index is 244. The largest absolute Gasteiger partial charge is 0.266 e. The molecule has 0 saturated carbocycles. The average molecular weight is 341 g/mol. The predicted molar refractivity (Wildman–Crippen MR) is 72.9 cm³/mol. The van der Waals surface area contributed by atoms with Crippen LogP contribution in [0.25, 0.3) is 0 Å². The third kappa shape index (κ3) is 4.67. The fourth-order valence-corrected chi connectivity index (χ4v) is 2.35. The molecule has 1 aliphatic rings. The van der Waals surface area contributed by atoms with Crippen molar-refractivity contribution in [1.82, 2.24) is 0 Å². The second-order valence-corrected chi connectivity index (χ2v) is 3.65. The van der Waals surface area contributed by atoms with E-state index in [1.165, 1.54) is 24.8 Å². The molecule has 3 heteroatoms. The zero-order valence-corrected chi connectivity index (χ0v) is 14.8. The smallest absolute Gasteiger partial charge is 0 e. The van der Waals surface area contributed by atoms with Gasteiger partial charge in [-0.2, -0.15) is 11.1 Å². The van der Waals surface area contributed by atoms with Crippen molar-refractivity contribution < 1.29 is 26.2 Å². The van der Waals surface area contributed by atoms with Gasteiger partial charge in [-0.05, 0) is 0 Å². The summed E-state index contributed by atoms with van der Waals surface area (Å²) in [5.74, 6) is 0.634. The van der Waals surface area contributed by atoms with Crippen LogP contribution in [0.1, 0.15) is 53.4 Å². The summed E-state index contributed by atoms with van der Waals surface area (Å²) < 4.78 is 0. The van der Waals surface area contributed by atoms with Gasteiger partial charge in [0.25, 0.3) is 0 Å². The number of rotatable bonds is 4. The molecule has 0 saturated heterocycles. The molecule has 0 amide bonds. The van der Waals surface area contributed by atoms with Crippen molar-refractivity contribution in [3.8, 4) is 0 Å². The van der Waals surface area contributed by atoms with Crippen LogP contribution in [0, 0.1) is 12.0 Å². The van der Waals surface area contributed by atoms with Crippen molar-refractivity contribution in [1.29, 1.82) is 0 Å². The molecule has 0 N–H and O–H groups in total. The first-order chi connectivity index (χ1) is 6.28. The van der Waals surface area contributed by atoms with Gasteiger partial charge in [0.2, 0.25) is 0 Å². The maximum Gasteiger partial charge on any atom is 0 e. The molecule has 1 unspecified atom stereocenters. The maximum absolute atomic E-state index is 3.63. The quantitative estimate of drug-likeness (QED) is 0.622. The molecule has 94 valence electrons. The molecule has 0 aromatic heterocycles. The normalized spacial score (nSPS) is 18.2. The summed E-state index contributed by atoms with van der Waals surface area (Å²) in [4.78, 5) is 0. The van der Waals surface area contributed by atoms with Crippen molar-refractivity contribution in [3.05, 3.63) is 22.8 Å². The second kappa shape index (κ2) is 11.1. The van der Waals surface area contributed by atoms with E-state index in [9.17, 15) is 0 Å². The second-order valence-electron chi connectivity index (χ2n) is 3.65. The Labute approximate surface area is 132 Å². The fourth-order valence-electron chi connectivity index (χ4n) is 2.35. The molecule has 0 bridgehead atoms. The molecule has 0 radical (unpaired) electrons. The molecule has 0 spiro atoms. The van der Waals surface area contributed by atoms with E-state index < -0.39 is 0 Å². The van der Waals surface area contributed by atoms with Gasteiger partial charge >= 0.3 is 0 Å². The Balaban J connectivity index is -0.000000563. The Hall–Kier alpha value is 0.943. The molecule has 1 rings (SSSR count). The molecular weight excluding hydrogens is 318 g/mol. The molecule has 1 aliphatic carbocycles. The Morgan fingerprint density at radius 3 is 1.81 bits per heavy atom. The van der Waals surface area contributed by atoms with E-state index in [2.05, 4.69) is 33.8 Å². The van der Waals surface area contributed by atoms with E-state index in [4.69, 9.17) is 0 Å². The van der Waals surface area contributed by atoms with Gasteiger partial charge in [0, 0.05) is 26.2 Å². The first-order valence-electron chi connectivity index (χ1n) is 5.62. The average Bonchev–Trinajstić information content (AvgIpc) is 2.54. The van der Waals surface area contributed by atoms with Crippen molar-refractivity contribution in [2.24, 2.45) is 5.92 Å². The Morgan fingerprint density at radius 2 is 1.50 bits per heavy atom. The van der Waals surface area contributed by atoms with Gasteiger partial charge in [0.05, 0.1) is 0 Å². The van der Waals surface area contributed by atoms with Gasteiger partial charge in [-0.1, -0.05) is 59.3 Å². The minimum Gasteiger partial charge on any atom is -0.266 e. The SMILES string of the molecule is CCC1=[C-]C(CC)C(CC)=C1CC.Cl.Cl.[Zr]. The predicted octanol–water partition coefficient (Wildman–Crippen LogP) is 5.12. The van der Waals surface area contributed by atoms with E-state index >= 15 is 0 Å². The summed E-state index contributed by atoms with van der Waals surface area (Å²) in [6.45, 7) is 9.04. The van der Waals surface area contributed by atoms with Crippen LogP contribution in [0.3, 0.4) is 0 Å². The summed E-state index contributed by atoms with van der Waals surface area (Å²) in [6.07, 6.45) is 8.41. The third-order valence-corrected chi connectivity index (χ3v) is 3.02. The van der Waals surface area contributed by atoms with Gasteiger partial charge in [-0.3, -0.25) is 6.08 Å². The molecule has 0 fully saturated rings. The maximum atomic E-state index is 3.63. The zero-order valence-electron chi connectivity index (χ0n) is 10.7. The summed E-state index contributed by atoms with van der Waals surface area (Å²) in [5, 5.41) is 0. The van der Waals surface area contributed by atoms with Crippen LogP contribution >= 0.6 is 24.8 Å². The monoisotopic (exact) mass is 339 g/mol. The summed E-state index contributed by atoms with van der Waals surface area (Å²) >= 11 is 0. The molecule has 0 aliphatic heterocycles. The van der Waals surface area contributed by atoms with Gasteiger partial charge in [-0.15, -0.1) is 24.8 Å². The Kier molecular flexibility index (Phi) is 15.3. The first kappa shape index (κ1) is 22.2. The summed E-state index contributed by atoms with van der Waals surface area (Å²) in [7, 11) is 0. The van der Waals surface area contributed by atoms with E-state index in [1.807, 2.05) is 0 Å². The van der Waals surface area contributed by atoms with Crippen molar-refractivity contribution in [2.75, 3.05) is 0 Å². The van der Waals surface area contributed by atoms with Crippen LogP contribution in [0.5, 0.6) is 0 Å². The number of hydrogen-bond acceptors (Lipinski definition) is 0. The van der Waals surface area contributed by atoms with E-state index in [1.54, 1.807) is 11.1 Å². The van der Waals surface area contributed by atoms with Gasteiger partial charge in [-0.25, -0.2) is 5.57 Å². The molecule has 0 aromatic carbocycles. The fraction of sp³-hybridized carbons (Fsp3) is 0.692. The summed E-state index contributed by atoms with van der Waals surface area (Å²) in [6, 6.07) is 0. The first-order valence-corrected chi connectivity index (χ1v) is 5.62. The number of halogens is 2. The van der Waals surface area contributed by atoms with Crippen LogP contribution in [-0.2, 0) is 26.2 Å². The minimum atomic E-state index is 0. The van der Waals surface area contributed by atoms with Crippen molar-refractivity contribution in [3.63, 3.8) is 0 Å². The summed E-state index contributed by atoms with van der Waals surface area (Å²) in [5.41, 5.74) is 4.75. The number of hydrogen-bond donors (Lipinski definition) is 0. The van der Waals surface area contributed by atoms with Crippen molar-refractivity contribution in [2.45, 2.75) is 53.4 Å².